The van der Waals surface area contributed by atoms with Crippen LogP contribution in [0, 0.1) is 11.3 Å². The molecule has 2 aliphatic heterocycles. The largest absolute Gasteiger partial charge is 0.465 e. The minimum absolute atomic E-state index is 0.0940. The van der Waals surface area contributed by atoms with E-state index in [4.69, 9.17) is 14.6 Å². The molecule has 1 N–H and O–H groups in total. The van der Waals surface area contributed by atoms with Gasteiger partial charge in [0.2, 0.25) is 0 Å². The normalized spacial score (nSPS) is 31.3. The summed E-state index contributed by atoms with van der Waals surface area (Å²) in [5.74, 6) is -0.440. The molecule has 6 nitrogen and oxygen atoms in total. The zero-order valence-corrected chi connectivity index (χ0v) is 10.9. The van der Waals surface area contributed by atoms with Gasteiger partial charge in [-0.2, -0.15) is 0 Å². The van der Waals surface area contributed by atoms with E-state index >= 15 is 0 Å². The lowest BCUT2D eigenvalue weighted by Crippen LogP contribution is -2.44. The molecule has 0 unspecified atom stereocenters. The van der Waals surface area contributed by atoms with Crippen LogP contribution in [0.4, 0.5) is 4.79 Å². The number of hydrogen-bond donors (Lipinski definition) is 1. The number of hydrogen-bond acceptors (Lipinski definition) is 4. The lowest BCUT2D eigenvalue weighted by atomic mass is 9.81. The van der Waals surface area contributed by atoms with Gasteiger partial charge in [-0.25, -0.2) is 4.79 Å². The Kier molecular flexibility index (Phi) is 3.01. The molecule has 0 radical (unpaired) electrons. The van der Waals surface area contributed by atoms with Gasteiger partial charge in [-0.15, -0.1) is 0 Å². The molecular weight excluding hydrogens is 238 g/mol. The standard InChI is InChI=1S/C12H19NO5/c1-11(2,3)18-9(14)12-6-13(10(15)16)4-8(12)5-17-7-12/h8H,4-7H2,1-3H3,(H,15,16)/t8-,12-/m1/s1. The first-order valence-electron chi connectivity index (χ1n) is 6.04. The molecule has 6 heteroatoms. The molecule has 2 rings (SSSR count). The van der Waals surface area contributed by atoms with Crippen molar-refractivity contribution >= 4 is 12.1 Å². The predicted octanol–water partition coefficient (Wildman–Crippen LogP) is 0.954. The summed E-state index contributed by atoms with van der Waals surface area (Å²) in [5.41, 5.74) is -1.39. The number of fused-ring (bicyclic) bond motifs is 1. The minimum Gasteiger partial charge on any atom is -0.465 e. The zero-order chi connectivity index (χ0) is 13.6. The van der Waals surface area contributed by atoms with E-state index in [1.54, 1.807) is 20.8 Å². The Morgan fingerprint density at radius 1 is 1.44 bits per heavy atom. The molecule has 2 aliphatic rings. The number of likely N-dealkylation sites (tertiary alicyclic amines) is 1. The summed E-state index contributed by atoms with van der Waals surface area (Å²) in [4.78, 5) is 24.6. The molecule has 18 heavy (non-hydrogen) atoms. The van der Waals surface area contributed by atoms with E-state index in [0.717, 1.165) is 0 Å². The maximum atomic E-state index is 12.3. The van der Waals surface area contributed by atoms with Gasteiger partial charge in [0.05, 0.1) is 13.2 Å². The molecule has 0 aromatic carbocycles. The molecule has 2 heterocycles. The summed E-state index contributed by atoms with van der Waals surface area (Å²) in [6, 6.07) is 0. The maximum absolute atomic E-state index is 12.3. The van der Waals surface area contributed by atoms with Crippen LogP contribution >= 0.6 is 0 Å². The molecule has 0 aliphatic carbocycles. The average Bonchev–Trinajstić information content (AvgIpc) is 2.69. The van der Waals surface area contributed by atoms with Crippen molar-refractivity contribution < 1.29 is 24.2 Å². The Bertz CT molecular complexity index is 375. The summed E-state index contributed by atoms with van der Waals surface area (Å²) in [6.07, 6.45) is -0.993. The minimum atomic E-state index is -0.993. The van der Waals surface area contributed by atoms with Crippen molar-refractivity contribution in [3.05, 3.63) is 0 Å². The molecule has 2 saturated heterocycles. The summed E-state index contributed by atoms with van der Waals surface area (Å²) < 4.78 is 10.8. The number of ether oxygens (including phenoxy) is 2. The smallest absolute Gasteiger partial charge is 0.407 e. The van der Waals surface area contributed by atoms with Crippen LogP contribution in [-0.4, -0.2) is 54.0 Å². The topological polar surface area (TPSA) is 76.1 Å². The van der Waals surface area contributed by atoms with Gasteiger partial charge in [0.1, 0.15) is 11.0 Å². The molecule has 102 valence electrons. The second kappa shape index (κ2) is 4.12. The predicted molar refractivity (Wildman–Crippen MR) is 62.2 cm³/mol. The lowest BCUT2D eigenvalue weighted by Gasteiger charge is -2.29. The van der Waals surface area contributed by atoms with Gasteiger partial charge in [-0.3, -0.25) is 4.79 Å². The number of amides is 1. The van der Waals surface area contributed by atoms with Crippen LogP contribution in [-0.2, 0) is 14.3 Å². The number of rotatable bonds is 1. The molecule has 0 aromatic rings. The van der Waals surface area contributed by atoms with Gasteiger partial charge in [0.25, 0.3) is 0 Å². The van der Waals surface area contributed by atoms with Crippen LogP contribution in [0.5, 0.6) is 0 Å². The van der Waals surface area contributed by atoms with Crippen molar-refractivity contribution in [2.45, 2.75) is 26.4 Å². The van der Waals surface area contributed by atoms with Gasteiger partial charge < -0.3 is 19.5 Å². The van der Waals surface area contributed by atoms with E-state index in [9.17, 15) is 9.59 Å². The first kappa shape index (κ1) is 13.1. The third kappa shape index (κ3) is 2.16. The molecule has 2 fully saturated rings. The van der Waals surface area contributed by atoms with Crippen molar-refractivity contribution in [1.29, 1.82) is 0 Å². The van der Waals surface area contributed by atoms with Crippen LogP contribution in [0.3, 0.4) is 0 Å². The first-order chi connectivity index (χ1) is 8.24. The number of nitrogens with zero attached hydrogens (tertiary/aromatic N) is 1. The molecule has 0 bridgehead atoms. The SMILES string of the molecule is CC(C)(C)OC(=O)[C@]12COC[C@H]1CN(C(=O)O)C2. The van der Waals surface area contributed by atoms with Gasteiger partial charge in [-0.05, 0) is 20.8 Å². The highest BCUT2D eigenvalue weighted by Gasteiger charge is 2.58. The Hall–Kier alpha value is -1.30. The second-order valence-electron chi connectivity index (χ2n) is 6.03. The third-order valence-corrected chi connectivity index (χ3v) is 3.45. The van der Waals surface area contributed by atoms with E-state index < -0.39 is 17.1 Å². The van der Waals surface area contributed by atoms with E-state index in [2.05, 4.69) is 0 Å². The third-order valence-electron chi connectivity index (χ3n) is 3.45. The number of carbonyl (C=O) groups is 2. The molecule has 1 amide bonds. The monoisotopic (exact) mass is 257 g/mol. The highest BCUT2D eigenvalue weighted by atomic mass is 16.6. The summed E-state index contributed by atoms with van der Waals surface area (Å²) in [7, 11) is 0. The van der Waals surface area contributed by atoms with Crippen LogP contribution in [0.2, 0.25) is 0 Å². The summed E-state index contributed by atoms with van der Waals surface area (Å²) in [5, 5.41) is 9.03. The second-order valence-corrected chi connectivity index (χ2v) is 6.03. The van der Waals surface area contributed by atoms with Crippen molar-refractivity contribution in [2.75, 3.05) is 26.3 Å². The first-order valence-corrected chi connectivity index (χ1v) is 6.04. The quantitative estimate of drug-likeness (QED) is 0.708. The van der Waals surface area contributed by atoms with Gasteiger partial charge in [-0.1, -0.05) is 0 Å². The molecular formula is C12H19NO5. The Morgan fingerprint density at radius 2 is 2.11 bits per heavy atom. The van der Waals surface area contributed by atoms with Gasteiger partial charge in [0.15, 0.2) is 0 Å². The number of carbonyl (C=O) groups excluding carboxylic acids is 1. The van der Waals surface area contributed by atoms with Gasteiger partial charge in [0, 0.05) is 19.0 Å². The Balaban J connectivity index is 2.18. The van der Waals surface area contributed by atoms with Crippen molar-refractivity contribution in [1.82, 2.24) is 4.90 Å². The van der Waals surface area contributed by atoms with E-state index in [-0.39, 0.29) is 25.0 Å². The van der Waals surface area contributed by atoms with Crippen LogP contribution in [0.1, 0.15) is 20.8 Å². The highest BCUT2D eigenvalue weighted by molar-refractivity contribution is 5.80. The van der Waals surface area contributed by atoms with E-state index in [0.29, 0.717) is 13.2 Å². The van der Waals surface area contributed by atoms with E-state index in [1.165, 1.54) is 4.90 Å². The molecule has 0 aromatic heterocycles. The van der Waals surface area contributed by atoms with Crippen molar-refractivity contribution in [3.63, 3.8) is 0 Å². The Morgan fingerprint density at radius 3 is 2.67 bits per heavy atom. The lowest BCUT2D eigenvalue weighted by molar-refractivity contribution is -0.168. The van der Waals surface area contributed by atoms with Crippen molar-refractivity contribution in [2.24, 2.45) is 11.3 Å². The van der Waals surface area contributed by atoms with Crippen LogP contribution < -0.4 is 0 Å². The fourth-order valence-corrected chi connectivity index (χ4v) is 2.55. The van der Waals surface area contributed by atoms with Crippen LogP contribution in [0.25, 0.3) is 0 Å². The van der Waals surface area contributed by atoms with E-state index in [1.807, 2.05) is 0 Å². The molecule has 0 saturated carbocycles. The molecule has 0 spiro atoms. The summed E-state index contributed by atoms with van der Waals surface area (Å²) in [6.45, 7) is 6.58. The average molecular weight is 257 g/mol. The highest BCUT2D eigenvalue weighted by Crippen LogP contribution is 2.43. The Labute approximate surface area is 106 Å². The summed E-state index contributed by atoms with van der Waals surface area (Å²) >= 11 is 0. The zero-order valence-electron chi connectivity index (χ0n) is 10.9. The number of carboxylic acid groups (broad SMARTS) is 1. The fourth-order valence-electron chi connectivity index (χ4n) is 2.55. The maximum Gasteiger partial charge on any atom is 0.407 e. The van der Waals surface area contributed by atoms with Crippen molar-refractivity contribution in [3.8, 4) is 0 Å². The van der Waals surface area contributed by atoms with Gasteiger partial charge >= 0.3 is 12.1 Å². The fraction of sp³-hybridized carbons (Fsp3) is 0.833. The van der Waals surface area contributed by atoms with Crippen LogP contribution in [0.15, 0.2) is 0 Å². The molecule has 2 atom stereocenters. The number of esters is 1.